The van der Waals surface area contributed by atoms with E-state index in [1.807, 2.05) is 0 Å². The molecule has 0 aromatic carbocycles. The summed E-state index contributed by atoms with van der Waals surface area (Å²) in [6.45, 7) is 3.07. The summed E-state index contributed by atoms with van der Waals surface area (Å²) in [6.07, 6.45) is 4.89. The molecule has 1 aliphatic heterocycles. The van der Waals surface area contributed by atoms with Gasteiger partial charge in [-0.3, -0.25) is 4.79 Å². The molecule has 2 heterocycles. The zero-order valence-corrected chi connectivity index (χ0v) is 12.2. The molecule has 1 unspecified atom stereocenters. The van der Waals surface area contributed by atoms with Crippen LogP contribution in [0.5, 0.6) is 0 Å². The van der Waals surface area contributed by atoms with E-state index in [1.165, 1.54) is 12.3 Å². The molecule has 2 rings (SSSR count). The lowest BCUT2D eigenvalue weighted by atomic mass is 10.2. The number of anilines is 1. The molecule has 1 amide bonds. The van der Waals surface area contributed by atoms with Crippen LogP contribution in [0.1, 0.15) is 43.1 Å². The molecule has 1 fully saturated rings. The Balaban J connectivity index is 1.93. The average molecular weight is 291 g/mol. The highest BCUT2D eigenvalue weighted by Gasteiger charge is 2.25. The van der Waals surface area contributed by atoms with E-state index in [2.05, 4.69) is 4.98 Å². The quantitative estimate of drug-likeness (QED) is 0.855. The number of aromatic nitrogens is 1. The van der Waals surface area contributed by atoms with Gasteiger partial charge in [-0.05, 0) is 31.9 Å². The number of likely N-dealkylation sites (tertiary alicyclic amines) is 1. The fourth-order valence-electron chi connectivity index (χ4n) is 2.35. The van der Waals surface area contributed by atoms with Crippen molar-refractivity contribution in [2.24, 2.45) is 0 Å². The van der Waals surface area contributed by atoms with Gasteiger partial charge in [-0.1, -0.05) is 12.8 Å². The van der Waals surface area contributed by atoms with Crippen LogP contribution in [-0.2, 0) is 9.53 Å². The molecule has 1 aromatic rings. The fraction of sp³-hybridized carbons (Fsp3) is 0.533. The Labute approximate surface area is 124 Å². The molecule has 1 aliphatic rings. The molecule has 21 heavy (non-hydrogen) atoms. The number of nitrogens with zero attached hydrogens (tertiary/aromatic N) is 2. The Kier molecular flexibility index (Phi) is 5.14. The van der Waals surface area contributed by atoms with Gasteiger partial charge in [-0.2, -0.15) is 0 Å². The predicted molar refractivity (Wildman–Crippen MR) is 78.6 cm³/mol. The third kappa shape index (κ3) is 4.18. The molecule has 1 aromatic heterocycles. The highest BCUT2D eigenvalue weighted by Crippen LogP contribution is 2.12. The lowest BCUT2D eigenvalue weighted by Gasteiger charge is -2.23. The van der Waals surface area contributed by atoms with E-state index < -0.39 is 12.1 Å². The van der Waals surface area contributed by atoms with Crippen molar-refractivity contribution >= 4 is 17.6 Å². The molecule has 0 saturated carbocycles. The first-order valence-electron chi connectivity index (χ1n) is 7.29. The second-order valence-corrected chi connectivity index (χ2v) is 5.26. The average Bonchev–Trinajstić information content (AvgIpc) is 2.76. The van der Waals surface area contributed by atoms with Gasteiger partial charge in [0.05, 0.1) is 11.9 Å². The number of nitrogen functional groups attached to an aromatic ring is 1. The molecule has 6 heteroatoms. The number of hydrogen-bond donors (Lipinski definition) is 1. The summed E-state index contributed by atoms with van der Waals surface area (Å²) in [4.78, 5) is 29.9. The van der Waals surface area contributed by atoms with Crippen LogP contribution in [0.15, 0.2) is 18.3 Å². The van der Waals surface area contributed by atoms with Crippen LogP contribution in [0.3, 0.4) is 0 Å². The lowest BCUT2D eigenvalue weighted by molar-refractivity contribution is -0.139. The second kappa shape index (κ2) is 7.06. The van der Waals surface area contributed by atoms with Gasteiger partial charge in [-0.25, -0.2) is 9.78 Å². The molecule has 0 bridgehead atoms. The van der Waals surface area contributed by atoms with E-state index >= 15 is 0 Å². The number of pyridine rings is 1. The monoisotopic (exact) mass is 291 g/mol. The Bertz CT molecular complexity index is 493. The lowest BCUT2D eigenvalue weighted by Crippen LogP contribution is -2.40. The first kappa shape index (κ1) is 15.3. The second-order valence-electron chi connectivity index (χ2n) is 5.26. The third-order valence-corrected chi connectivity index (χ3v) is 3.54. The van der Waals surface area contributed by atoms with Crippen molar-refractivity contribution < 1.29 is 14.3 Å². The van der Waals surface area contributed by atoms with Gasteiger partial charge in [-0.15, -0.1) is 0 Å². The van der Waals surface area contributed by atoms with Gasteiger partial charge in [0.1, 0.15) is 5.69 Å². The summed E-state index contributed by atoms with van der Waals surface area (Å²) in [5.41, 5.74) is 6.14. The maximum absolute atomic E-state index is 12.3. The van der Waals surface area contributed by atoms with Crippen molar-refractivity contribution in [3.8, 4) is 0 Å². The minimum atomic E-state index is -0.796. The van der Waals surface area contributed by atoms with E-state index in [0.717, 1.165) is 38.8 Å². The Hall–Kier alpha value is -2.11. The molecular weight excluding hydrogens is 270 g/mol. The Morgan fingerprint density at radius 2 is 1.90 bits per heavy atom. The number of carbonyl (C=O) groups is 2. The van der Waals surface area contributed by atoms with Gasteiger partial charge >= 0.3 is 5.97 Å². The van der Waals surface area contributed by atoms with E-state index in [-0.39, 0.29) is 11.6 Å². The maximum Gasteiger partial charge on any atom is 0.357 e. The molecule has 1 saturated heterocycles. The zero-order chi connectivity index (χ0) is 15.2. The van der Waals surface area contributed by atoms with Crippen LogP contribution < -0.4 is 5.73 Å². The summed E-state index contributed by atoms with van der Waals surface area (Å²) < 4.78 is 5.20. The molecular formula is C15H21N3O3. The molecule has 114 valence electrons. The van der Waals surface area contributed by atoms with Crippen molar-refractivity contribution in [1.82, 2.24) is 9.88 Å². The van der Waals surface area contributed by atoms with E-state index in [4.69, 9.17) is 10.5 Å². The first-order chi connectivity index (χ1) is 10.1. The highest BCUT2D eigenvalue weighted by atomic mass is 16.5. The van der Waals surface area contributed by atoms with Crippen LogP contribution in [0.2, 0.25) is 0 Å². The van der Waals surface area contributed by atoms with Crippen molar-refractivity contribution in [3.05, 3.63) is 24.0 Å². The molecule has 1 atom stereocenters. The topological polar surface area (TPSA) is 85.5 Å². The van der Waals surface area contributed by atoms with Gasteiger partial charge in [0.25, 0.3) is 5.91 Å². The van der Waals surface area contributed by atoms with Gasteiger partial charge in [0, 0.05) is 13.1 Å². The predicted octanol–water partition coefficient (Wildman–Crippen LogP) is 1.61. The molecule has 0 aliphatic carbocycles. The van der Waals surface area contributed by atoms with E-state index in [9.17, 15) is 9.59 Å². The highest BCUT2D eigenvalue weighted by molar-refractivity contribution is 5.90. The van der Waals surface area contributed by atoms with E-state index in [1.54, 1.807) is 17.9 Å². The van der Waals surface area contributed by atoms with Crippen molar-refractivity contribution in [3.63, 3.8) is 0 Å². The zero-order valence-electron chi connectivity index (χ0n) is 12.2. The molecule has 0 radical (unpaired) electrons. The Morgan fingerprint density at radius 3 is 2.48 bits per heavy atom. The SMILES string of the molecule is CC(OC(=O)c1ccc(N)cn1)C(=O)N1CCCCCC1. The minimum absolute atomic E-state index is 0.138. The minimum Gasteiger partial charge on any atom is -0.448 e. The molecule has 2 N–H and O–H groups in total. The molecule has 0 spiro atoms. The van der Waals surface area contributed by atoms with Crippen molar-refractivity contribution in [2.45, 2.75) is 38.7 Å². The van der Waals surface area contributed by atoms with Gasteiger partial charge < -0.3 is 15.4 Å². The van der Waals surface area contributed by atoms with Crippen LogP contribution in [-0.4, -0.2) is 41.0 Å². The largest absolute Gasteiger partial charge is 0.448 e. The smallest absolute Gasteiger partial charge is 0.357 e. The summed E-state index contributed by atoms with van der Waals surface area (Å²) >= 11 is 0. The number of carbonyl (C=O) groups excluding carboxylic acids is 2. The number of amides is 1. The normalized spacial score (nSPS) is 16.9. The maximum atomic E-state index is 12.3. The fourth-order valence-corrected chi connectivity index (χ4v) is 2.35. The summed E-state index contributed by atoms with van der Waals surface area (Å²) in [5, 5.41) is 0. The summed E-state index contributed by atoms with van der Waals surface area (Å²) in [5.74, 6) is -0.744. The van der Waals surface area contributed by atoms with Crippen molar-refractivity contribution in [1.29, 1.82) is 0 Å². The van der Waals surface area contributed by atoms with Crippen LogP contribution >= 0.6 is 0 Å². The number of hydrogen-bond acceptors (Lipinski definition) is 5. The van der Waals surface area contributed by atoms with E-state index in [0.29, 0.717) is 5.69 Å². The molecule has 6 nitrogen and oxygen atoms in total. The van der Waals surface area contributed by atoms with Gasteiger partial charge in [0.15, 0.2) is 6.10 Å². The van der Waals surface area contributed by atoms with Crippen LogP contribution in [0.25, 0.3) is 0 Å². The number of ether oxygens (including phenoxy) is 1. The number of nitrogens with two attached hydrogens (primary N) is 1. The number of rotatable bonds is 3. The van der Waals surface area contributed by atoms with Crippen molar-refractivity contribution in [2.75, 3.05) is 18.8 Å². The summed E-state index contributed by atoms with van der Waals surface area (Å²) in [7, 11) is 0. The summed E-state index contributed by atoms with van der Waals surface area (Å²) in [6, 6.07) is 3.06. The third-order valence-electron chi connectivity index (χ3n) is 3.54. The van der Waals surface area contributed by atoms with Crippen LogP contribution in [0, 0.1) is 0 Å². The Morgan fingerprint density at radius 1 is 1.24 bits per heavy atom. The standard InChI is InChI=1S/C15H21N3O3/c1-11(14(19)18-8-4-2-3-5-9-18)21-15(20)13-7-6-12(16)10-17-13/h6-7,10-11H,2-5,8-9,16H2,1H3. The number of esters is 1. The van der Waals surface area contributed by atoms with Gasteiger partial charge in [0.2, 0.25) is 0 Å². The first-order valence-corrected chi connectivity index (χ1v) is 7.29. The van der Waals surface area contributed by atoms with Crippen LogP contribution in [0.4, 0.5) is 5.69 Å².